The monoisotopic (exact) mass is 264 g/mol. The highest BCUT2D eigenvalue weighted by Crippen LogP contribution is 2.55. The molecule has 3 unspecified atom stereocenters. The fraction of sp³-hybridized carbons (Fsp3) is 0.368. The van der Waals surface area contributed by atoms with Crippen molar-refractivity contribution in [1.82, 2.24) is 0 Å². The lowest BCUT2D eigenvalue weighted by atomic mass is 9.82. The van der Waals surface area contributed by atoms with Gasteiger partial charge in [-0.15, -0.1) is 0 Å². The molecule has 4 rings (SSSR count). The summed E-state index contributed by atoms with van der Waals surface area (Å²) in [5.41, 5.74) is 3.26. The van der Waals surface area contributed by atoms with Gasteiger partial charge in [-0.05, 0) is 48.1 Å². The third kappa shape index (κ3) is 1.84. The van der Waals surface area contributed by atoms with Crippen LogP contribution in [0.1, 0.15) is 37.2 Å². The number of hydrogen-bond donors (Lipinski definition) is 1. The summed E-state index contributed by atoms with van der Waals surface area (Å²) in [6.45, 7) is 0. The summed E-state index contributed by atoms with van der Waals surface area (Å²) in [6.07, 6.45) is 5.40. The highest BCUT2D eigenvalue weighted by atomic mass is 16.3. The molecule has 3 atom stereocenters. The summed E-state index contributed by atoms with van der Waals surface area (Å²) in [6, 6.07) is 16.5. The molecule has 1 N–H and O–H groups in total. The van der Waals surface area contributed by atoms with Gasteiger partial charge in [0.15, 0.2) is 0 Å². The highest BCUT2D eigenvalue weighted by Gasteiger charge is 2.41. The predicted octanol–water partition coefficient (Wildman–Crippen LogP) is 4.96. The van der Waals surface area contributed by atoms with Gasteiger partial charge in [-0.3, -0.25) is 0 Å². The largest absolute Gasteiger partial charge is 0.507 e. The molecule has 0 aliphatic heterocycles. The number of hydrogen-bond acceptors (Lipinski definition) is 1. The first-order valence-corrected chi connectivity index (χ1v) is 7.70. The van der Waals surface area contributed by atoms with Crippen LogP contribution in [0, 0.1) is 11.8 Å². The van der Waals surface area contributed by atoms with Gasteiger partial charge >= 0.3 is 0 Å². The number of aromatic hydroxyl groups is 1. The van der Waals surface area contributed by atoms with E-state index in [2.05, 4.69) is 24.3 Å². The first kappa shape index (κ1) is 12.0. The second kappa shape index (κ2) is 4.66. The van der Waals surface area contributed by atoms with Crippen molar-refractivity contribution in [3.8, 4) is 16.9 Å². The van der Waals surface area contributed by atoms with E-state index in [1.807, 2.05) is 24.3 Å². The molecule has 2 aliphatic carbocycles. The SMILES string of the molecule is Oc1c(-c2ccccc2)cccc1C1CC2CCC1C2. The lowest BCUT2D eigenvalue weighted by Crippen LogP contribution is -2.08. The lowest BCUT2D eigenvalue weighted by Gasteiger charge is -2.23. The Bertz CT molecular complexity index is 617. The molecule has 1 nitrogen and oxygen atoms in total. The molecule has 0 aromatic heterocycles. The topological polar surface area (TPSA) is 20.2 Å². The van der Waals surface area contributed by atoms with Gasteiger partial charge in [0.05, 0.1) is 0 Å². The molecule has 0 saturated heterocycles. The van der Waals surface area contributed by atoms with Crippen molar-refractivity contribution < 1.29 is 5.11 Å². The van der Waals surface area contributed by atoms with Crippen molar-refractivity contribution in [3.63, 3.8) is 0 Å². The third-order valence-corrected chi connectivity index (χ3v) is 5.29. The first-order valence-electron chi connectivity index (χ1n) is 7.70. The van der Waals surface area contributed by atoms with Crippen LogP contribution in [0.3, 0.4) is 0 Å². The van der Waals surface area contributed by atoms with E-state index in [-0.39, 0.29) is 0 Å². The molecule has 0 spiro atoms. The van der Waals surface area contributed by atoms with Crippen molar-refractivity contribution in [2.24, 2.45) is 11.8 Å². The molecule has 2 aromatic carbocycles. The van der Waals surface area contributed by atoms with Crippen LogP contribution in [0.5, 0.6) is 5.75 Å². The molecule has 2 aromatic rings. The summed E-state index contributed by atoms with van der Waals surface area (Å²) >= 11 is 0. The second-order valence-electron chi connectivity index (χ2n) is 6.39. The van der Waals surface area contributed by atoms with E-state index in [1.165, 1.54) is 31.2 Å². The Labute approximate surface area is 120 Å². The lowest BCUT2D eigenvalue weighted by molar-refractivity contribution is 0.398. The zero-order valence-electron chi connectivity index (χ0n) is 11.6. The van der Waals surface area contributed by atoms with Crippen LogP contribution in [0.4, 0.5) is 0 Å². The summed E-state index contributed by atoms with van der Waals surface area (Å²) in [5, 5.41) is 10.7. The molecule has 0 radical (unpaired) electrons. The average molecular weight is 264 g/mol. The number of para-hydroxylation sites is 1. The molecule has 0 heterocycles. The van der Waals surface area contributed by atoms with Crippen LogP contribution in [0.2, 0.25) is 0 Å². The van der Waals surface area contributed by atoms with Gasteiger partial charge in [0.25, 0.3) is 0 Å². The van der Waals surface area contributed by atoms with E-state index in [4.69, 9.17) is 0 Å². The summed E-state index contributed by atoms with van der Waals surface area (Å²) in [4.78, 5) is 0. The van der Waals surface area contributed by atoms with Gasteiger partial charge in [0.1, 0.15) is 5.75 Å². The Morgan fingerprint density at radius 3 is 2.40 bits per heavy atom. The number of rotatable bonds is 2. The van der Waals surface area contributed by atoms with E-state index < -0.39 is 0 Å². The zero-order valence-corrected chi connectivity index (χ0v) is 11.6. The molecule has 0 amide bonds. The minimum absolute atomic E-state index is 0.510. The Hall–Kier alpha value is -1.76. The summed E-state index contributed by atoms with van der Waals surface area (Å²) < 4.78 is 0. The number of benzene rings is 2. The summed E-state index contributed by atoms with van der Waals surface area (Å²) in [5.74, 6) is 2.80. The predicted molar refractivity (Wildman–Crippen MR) is 81.7 cm³/mol. The van der Waals surface area contributed by atoms with Crippen LogP contribution in [-0.2, 0) is 0 Å². The van der Waals surface area contributed by atoms with Gasteiger partial charge in [0, 0.05) is 5.56 Å². The van der Waals surface area contributed by atoms with E-state index in [0.29, 0.717) is 11.7 Å². The fourth-order valence-corrected chi connectivity index (χ4v) is 4.34. The van der Waals surface area contributed by atoms with Crippen LogP contribution in [0.15, 0.2) is 48.5 Å². The molecule has 20 heavy (non-hydrogen) atoms. The van der Waals surface area contributed by atoms with E-state index >= 15 is 0 Å². The number of phenols is 1. The van der Waals surface area contributed by atoms with Gasteiger partial charge in [0.2, 0.25) is 0 Å². The standard InChI is InChI=1S/C19H20O/c20-19-16(14-5-2-1-3-6-14)7-4-8-17(19)18-12-13-9-10-15(18)11-13/h1-8,13,15,18,20H,9-12H2. The molecular formula is C19H20O. The van der Waals surface area contributed by atoms with Crippen molar-refractivity contribution >= 4 is 0 Å². The normalized spacial score (nSPS) is 27.9. The quantitative estimate of drug-likeness (QED) is 0.812. The maximum Gasteiger partial charge on any atom is 0.126 e. The molecule has 102 valence electrons. The van der Waals surface area contributed by atoms with Crippen LogP contribution in [0.25, 0.3) is 11.1 Å². The van der Waals surface area contributed by atoms with Gasteiger partial charge < -0.3 is 5.11 Å². The van der Waals surface area contributed by atoms with E-state index in [9.17, 15) is 5.11 Å². The number of fused-ring (bicyclic) bond motifs is 2. The van der Waals surface area contributed by atoms with Crippen LogP contribution < -0.4 is 0 Å². The van der Waals surface area contributed by atoms with Gasteiger partial charge in [-0.25, -0.2) is 0 Å². The number of phenolic OH excluding ortho intramolecular Hbond substituents is 1. The Balaban J connectivity index is 1.75. The molecule has 2 fully saturated rings. The van der Waals surface area contributed by atoms with E-state index in [1.54, 1.807) is 0 Å². The van der Waals surface area contributed by atoms with Crippen molar-refractivity contribution in [2.75, 3.05) is 0 Å². The van der Waals surface area contributed by atoms with Crippen LogP contribution in [-0.4, -0.2) is 5.11 Å². The van der Waals surface area contributed by atoms with Gasteiger partial charge in [-0.1, -0.05) is 55.0 Å². The average Bonchev–Trinajstić information content (AvgIpc) is 3.11. The fourth-order valence-electron chi connectivity index (χ4n) is 4.34. The van der Waals surface area contributed by atoms with E-state index in [0.717, 1.165) is 23.0 Å². The minimum Gasteiger partial charge on any atom is -0.507 e. The maximum absolute atomic E-state index is 10.7. The van der Waals surface area contributed by atoms with Gasteiger partial charge in [-0.2, -0.15) is 0 Å². The Morgan fingerprint density at radius 2 is 1.70 bits per heavy atom. The molecule has 2 aliphatic rings. The smallest absolute Gasteiger partial charge is 0.126 e. The first-order chi connectivity index (χ1) is 9.83. The maximum atomic E-state index is 10.7. The minimum atomic E-state index is 0.510. The van der Waals surface area contributed by atoms with Crippen molar-refractivity contribution in [3.05, 3.63) is 54.1 Å². The van der Waals surface area contributed by atoms with Crippen molar-refractivity contribution in [1.29, 1.82) is 0 Å². The Kier molecular flexibility index (Phi) is 2.80. The van der Waals surface area contributed by atoms with Crippen molar-refractivity contribution in [2.45, 2.75) is 31.6 Å². The molecular weight excluding hydrogens is 244 g/mol. The second-order valence-corrected chi connectivity index (χ2v) is 6.39. The molecule has 1 heteroatoms. The zero-order chi connectivity index (χ0) is 13.5. The molecule has 2 saturated carbocycles. The third-order valence-electron chi connectivity index (χ3n) is 5.29. The van der Waals surface area contributed by atoms with Crippen LogP contribution >= 0.6 is 0 Å². The summed E-state index contributed by atoms with van der Waals surface area (Å²) in [7, 11) is 0. The Morgan fingerprint density at radius 1 is 0.850 bits per heavy atom. The molecule has 2 bridgehead atoms. The highest BCUT2D eigenvalue weighted by molar-refractivity contribution is 5.72.